The van der Waals surface area contributed by atoms with E-state index in [4.69, 9.17) is 12.2 Å². The zero-order chi connectivity index (χ0) is 13.4. The number of nitrogens with one attached hydrogen (secondary N) is 1. The first kappa shape index (κ1) is 12.9. The van der Waals surface area contributed by atoms with Crippen molar-refractivity contribution in [2.75, 3.05) is 0 Å². The third kappa shape index (κ3) is 2.77. The summed E-state index contributed by atoms with van der Waals surface area (Å²) < 4.78 is 15.1. The molecule has 0 aliphatic heterocycles. The Balaban J connectivity index is 1.97. The van der Waals surface area contributed by atoms with Crippen molar-refractivity contribution in [1.29, 1.82) is 0 Å². The maximum Gasteiger partial charge on any atom is 0.144 e. The minimum atomic E-state index is -0.209. The van der Waals surface area contributed by atoms with Crippen molar-refractivity contribution in [2.45, 2.75) is 25.2 Å². The molecule has 2 nitrogen and oxygen atoms in total. The lowest BCUT2D eigenvalue weighted by atomic mass is 10.1. The van der Waals surface area contributed by atoms with E-state index in [1.807, 2.05) is 6.07 Å². The summed E-state index contributed by atoms with van der Waals surface area (Å²) in [5, 5.41) is 0. The van der Waals surface area contributed by atoms with Gasteiger partial charge in [-0.3, -0.25) is 0 Å². The van der Waals surface area contributed by atoms with Crippen LogP contribution in [0.5, 0.6) is 0 Å². The Morgan fingerprint density at radius 1 is 1.37 bits per heavy atom. The van der Waals surface area contributed by atoms with Crippen LogP contribution in [0.25, 0.3) is 0 Å². The van der Waals surface area contributed by atoms with Gasteiger partial charge in [-0.1, -0.05) is 30.4 Å². The summed E-state index contributed by atoms with van der Waals surface area (Å²) in [6.45, 7) is 0. The van der Waals surface area contributed by atoms with Gasteiger partial charge in [0.1, 0.15) is 16.3 Å². The highest BCUT2D eigenvalue weighted by Gasteiger charge is 2.27. The summed E-state index contributed by atoms with van der Waals surface area (Å²) in [7, 11) is 0. The van der Waals surface area contributed by atoms with E-state index in [0.29, 0.717) is 22.5 Å². The van der Waals surface area contributed by atoms with Crippen LogP contribution in [-0.4, -0.2) is 9.97 Å². The van der Waals surface area contributed by atoms with E-state index >= 15 is 0 Å². The van der Waals surface area contributed by atoms with E-state index in [1.54, 1.807) is 12.1 Å². The molecule has 0 unspecified atom stereocenters. The van der Waals surface area contributed by atoms with Crippen LogP contribution in [0.1, 0.15) is 35.8 Å². The number of hydrogen-bond donors (Lipinski definition) is 1. The van der Waals surface area contributed by atoms with Crippen LogP contribution in [0.4, 0.5) is 4.39 Å². The maximum absolute atomic E-state index is 13.6. The molecule has 0 atom stereocenters. The van der Waals surface area contributed by atoms with E-state index in [-0.39, 0.29) is 5.82 Å². The molecule has 98 valence electrons. The van der Waals surface area contributed by atoms with Crippen molar-refractivity contribution in [3.63, 3.8) is 0 Å². The smallest absolute Gasteiger partial charge is 0.144 e. The Bertz CT molecular complexity index is 679. The Kier molecular flexibility index (Phi) is 3.50. The highest BCUT2D eigenvalue weighted by molar-refractivity contribution is 9.10. The van der Waals surface area contributed by atoms with Crippen molar-refractivity contribution in [3.8, 4) is 0 Å². The fourth-order valence-electron chi connectivity index (χ4n) is 2.08. The van der Waals surface area contributed by atoms with Crippen molar-refractivity contribution in [1.82, 2.24) is 9.97 Å². The van der Waals surface area contributed by atoms with Gasteiger partial charge in [-0.05, 0) is 40.4 Å². The number of nitrogens with zero attached hydrogens (tertiary/aromatic N) is 1. The molecule has 0 bridgehead atoms. The number of hydrogen-bond acceptors (Lipinski definition) is 2. The molecular weight excluding hydrogens is 327 g/mol. The molecule has 5 heteroatoms. The summed E-state index contributed by atoms with van der Waals surface area (Å²) >= 11 is 8.74. The van der Waals surface area contributed by atoms with E-state index < -0.39 is 0 Å². The van der Waals surface area contributed by atoms with Crippen molar-refractivity contribution >= 4 is 28.1 Å². The molecule has 1 N–H and O–H groups in total. The number of aromatic amines is 1. The first-order valence-electron chi connectivity index (χ1n) is 6.17. The molecule has 1 aromatic carbocycles. The van der Waals surface area contributed by atoms with E-state index in [1.165, 1.54) is 18.9 Å². The summed E-state index contributed by atoms with van der Waals surface area (Å²) in [4.78, 5) is 7.63. The Labute approximate surface area is 124 Å². The second kappa shape index (κ2) is 5.13. The van der Waals surface area contributed by atoms with Gasteiger partial charge in [0.2, 0.25) is 0 Å². The molecule has 1 saturated carbocycles. The molecule has 1 fully saturated rings. The fraction of sp³-hybridized carbons (Fsp3) is 0.286. The highest BCUT2D eigenvalue weighted by Crippen LogP contribution is 2.42. The SMILES string of the molecule is Fc1ccccc1Cc1nc(=S)c(Br)c(C2CC2)[nH]1. The molecule has 0 radical (unpaired) electrons. The molecule has 1 aromatic heterocycles. The van der Waals surface area contributed by atoms with Gasteiger partial charge in [-0.25, -0.2) is 9.37 Å². The lowest BCUT2D eigenvalue weighted by Gasteiger charge is -2.08. The van der Waals surface area contributed by atoms with Crippen LogP contribution in [-0.2, 0) is 6.42 Å². The molecule has 0 amide bonds. The number of benzene rings is 1. The van der Waals surface area contributed by atoms with Crippen LogP contribution in [0.3, 0.4) is 0 Å². The minimum absolute atomic E-state index is 0.209. The van der Waals surface area contributed by atoms with Crippen molar-refractivity contribution < 1.29 is 4.39 Å². The van der Waals surface area contributed by atoms with Gasteiger partial charge in [-0.15, -0.1) is 0 Å². The Hall–Kier alpha value is -1.07. The maximum atomic E-state index is 13.6. The molecule has 0 spiro atoms. The monoisotopic (exact) mass is 338 g/mol. The van der Waals surface area contributed by atoms with Crippen LogP contribution < -0.4 is 0 Å². The van der Waals surface area contributed by atoms with Crippen LogP contribution in [0.15, 0.2) is 28.7 Å². The molecule has 3 rings (SSSR count). The lowest BCUT2D eigenvalue weighted by molar-refractivity contribution is 0.611. The summed E-state index contributed by atoms with van der Waals surface area (Å²) in [5.41, 5.74) is 1.73. The molecule has 1 heterocycles. The molecular formula is C14H12BrFN2S. The quantitative estimate of drug-likeness (QED) is 0.834. The molecule has 2 aromatic rings. The summed E-state index contributed by atoms with van der Waals surface area (Å²) in [5.74, 6) is 1.05. The number of halogens is 2. The molecule has 0 saturated heterocycles. The Morgan fingerprint density at radius 3 is 2.79 bits per heavy atom. The number of aromatic nitrogens is 2. The van der Waals surface area contributed by atoms with Gasteiger partial charge in [0.15, 0.2) is 0 Å². The van der Waals surface area contributed by atoms with Crippen molar-refractivity contribution in [3.05, 3.63) is 56.3 Å². The van der Waals surface area contributed by atoms with Gasteiger partial charge in [0.05, 0.1) is 4.47 Å². The number of rotatable bonds is 3. The molecule has 1 aliphatic carbocycles. The minimum Gasteiger partial charge on any atom is -0.346 e. The van der Waals surface area contributed by atoms with Crippen LogP contribution >= 0.6 is 28.1 Å². The van der Waals surface area contributed by atoms with Gasteiger partial charge in [-0.2, -0.15) is 0 Å². The van der Waals surface area contributed by atoms with Gasteiger partial charge >= 0.3 is 0 Å². The molecule has 19 heavy (non-hydrogen) atoms. The van der Waals surface area contributed by atoms with Gasteiger partial charge < -0.3 is 4.98 Å². The first-order chi connectivity index (χ1) is 9.15. The predicted molar refractivity (Wildman–Crippen MR) is 78.3 cm³/mol. The predicted octanol–water partition coefficient (Wildman–Crippen LogP) is 4.51. The zero-order valence-corrected chi connectivity index (χ0v) is 12.5. The second-order valence-corrected chi connectivity index (χ2v) is 5.94. The third-order valence-corrected chi connectivity index (χ3v) is 4.60. The van der Waals surface area contributed by atoms with Gasteiger partial charge in [0.25, 0.3) is 0 Å². The summed E-state index contributed by atoms with van der Waals surface area (Å²) in [6.07, 6.45) is 2.78. The third-order valence-electron chi connectivity index (χ3n) is 3.24. The average Bonchev–Trinajstić information content (AvgIpc) is 3.20. The average molecular weight is 339 g/mol. The lowest BCUT2D eigenvalue weighted by Crippen LogP contribution is -2.03. The second-order valence-electron chi connectivity index (χ2n) is 4.76. The van der Waals surface area contributed by atoms with Gasteiger partial charge in [0, 0.05) is 18.0 Å². The number of H-pyrrole nitrogens is 1. The van der Waals surface area contributed by atoms with E-state index in [2.05, 4.69) is 25.9 Å². The van der Waals surface area contributed by atoms with Crippen LogP contribution in [0.2, 0.25) is 0 Å². The normalized spacial score (nSPS) is 14.6. The summed E-state index contributed by atoms with van der Waals surface area (Å²) in [6, 6.07) is 6.75. The van der Waals surface area contributed by atoms with E-state index in [9.17, 15) is 4.39 Å². The zero-order valence-electron chi connectivity index (χ0n) is 10.1. The van der Waals surface area contributed by atoms with Crippen LogP contribution in [0, 0.1) is 10.5 Å². The highest BCUT2D eigenvalue weighted by atomic mass is 79.9. The van der Waals surface area contributed by atoms with E-state index in [0.717, 1.165) is 16.0 Å². The largest absolute Gasteiger partial charge is 0.346 e. The fourth-order valence-corrected chi connectivity index (χ4v) is 2.82. The first-order valence-corrected chi connectivity index (χ1v) is 7.37. The topological polar surface area (TPSA) is 28.7 Å². The van der Waals surface area contributed by atoms with Crippen molar-refractivity contribution in [2.24, 2.45) is 0 Å². The standard InChI is InChI=1S/C14H12BrFN2S/c15-12-13(8-5-6-8)17-11(18-14(12)19)7-9-3-1-2-4-10(9)16/h1-4,8H,5-7H2,(H,17,18,19). The Morgan fingerprint density at radius 2 is 2.11 bits per heavy atom. The molecule has 1 aliphatic rings.